The molecular formula is C16H20ClNO3S. The lowest BCUT2D eigenvalue weighted by molar-refractivity contribution is -0.137. The zero-order chi connectivity index (χ0) is 15.9. The summed E-state index contributed by atoms with van der Waals surface area (Å²) in [5, 5.41) is 0.699. The zero-order valence-corrected chi connectivity index (χ0v) is 14.2. The van der Waals surface area contributed by atoms with E-state index in [1.165, 1.54) is 18.9 Å². The van der Waals surface area contributed by atoms with Crippen LogP contribution >= 0.6 is 23.4 Å². The minimum absolute atomic E-state index is 0.122. The van der Waals surface area contributed by atoms with Gasteiger partial charge in [-0.1, -0.05) is 23.7 Å². The summed E-state index contributed by atoms with van der Waals surface area (Å²) in [7, 11) is 1.37. The molecule has 1 aromatic rings. The third-order valence-corrected chi connectivity index (χ3v) is 4.88. The first-order chi connectivity index (χ1) is 10.6. The van der Waals surface area contributed by atoms with Crippen LogP contribution < -0.4 is 0 Å². The van der Waals surface area contributed by atoms with Crippen LogP contribution in [0, 0.1) is 0 Å². The van der Waals surface area contributed by atoms with Gasteiger partial charge in [-0.15, -0.1) is 11.8 Å². The van der Waals surface area contributed by atoms with Gasteiger partial charge in [-0.25, -0.2) is 0 Å². The first kappa shape index (κ1) is 17.2. The van der Waals surface area contributed by atoms with Crippen molar-refractivity contribution < 1.29 is 14.3 Å². The Bertz CT molecular complexity index is 538. The molecule has 1 aromatic carbocycles. The number of carbonyl (C=O) groups excluding carboxylic acids is 2. The third kappa shape index (κ3) is 4.65. The lowest BCUT2D eigenvalue weighted by atomic mass is 10.0. The number of ether oxygens (including phenoxy) is 1. The van der Waals surface area contributed by atoms with E-state index in [1.807, 2.05) is 29.2 Å². The Morgan fingerprint density at radius 1 is 1.45 bits per heavy atom. The lowest BCUT2D eigenvalue weighted by Crippen LogP contribution is -2.30. The predicted octanol–water partition coefficient (Wildman–Crippen LogP) is 3.30. The van der Waals surface area contributed by atoms with Gasteiger partial charge >= 0.3 is 5.97 Å². The summed E-state index contributed by atoms with van der Waals surface area (Å²) in [4.78, 5) is 25.4. The van der Waals surface area contributed by atoms with Crippen molar-refractivity contribution in [2.24, 2.45) is 0 Å². The van der Waals surface area contributed by atoms with Crippen LogP contribution in [-0.4, -0.2) is 41.9 Å². The van der Waals surface area contributed by atoms with Crippen LogP contribution in [0.4, 0.5) is 0 Å². The Kier molecular flexibility index (Phi) is 6.58. The van der Waals surface area contributed by atoms with Crippen LogP contribution in [0.15, 0.2) is 24.3 Å². The van der Waals surface area contributed by atoms with E-state index in [4.69, 9.17) is 11.6 Å². The molecule has 0 N–H and O–H groups in total. The van der Waals surface area contributed by atoms with Gasteiger partial charge in [0.15, 0.2) is 0 Å². The van der Waals surface area contributed by atoms with E-state index in [-0.39, 0.29) is 17.9 Å². The van der Waals surface area contributed by atoms with E-state index in [0.29, 0.717) is 22.9 Å². The highest BCUT2D eigenvalue weighted by atomic mass is 35.5. The largest absolute Gasteiger partial charge is 0.468 e. The predicted molar refractivity (Wildman–Crippen MR) is 89.1 cm³/mol. The summed E-state index contributed by atoms with van der Waals surface area (Å²) >= 11 is 7.48. The van der Waals surface area contributed by atoms with Crippen molar-refractivity contribution in [3.63, 3.8) is 0 Å². The molecule has 1 aliphatic rings. The summed E-state index contributed by atoms with van der Waals surface area (Å²) < 4.78 is 4.58. The normalized spacial score (nSPS) is 17.5. The molecule has 0 bridgehead atoms. The Balaban J connectivity index is 1.87. The maximum atomic E-state index is 12.4. The summed E-state index contributed by atoms with van der Waals surface area (Å²) in [5.74, 6) is 0.809. The molecule has 6 heteroatoms. The van der Waals surface area contributed by atoms with E-state index < -0.39 is 0 Å². The number of benzene rings is 1. The van der Waals surface area contributed by atoms with Crippen LogP contribution in [0.1, 0.15) is 30.9 Å². The van der Waals surface area contributed by atoms with Gasteiger partial charge in [0.1, 0.15) is 0 Å². The van der Waals surface area contributed by atoms with Crippen molar-refractivity contribution in [2.45, 2.75) is 25.3 Å². The topological polar surface area (TPSA) is 46.6 Å². The molecular weight excluding hydrogens is 322 g/mol. The van der Waals surface area contributed by atoms with Gasteiger partial charge in [-0.3, -0.25) is 9.59 Å². The second-order valence-electron chi connectivity index (χ2n) is 5.18. The first-order valence-corrected chi connectivity index (χ1v) is 8.84. The first-order valence-electron chi connectivity index (χ1n) is 7.31. The number of halogens is 1. The van der Waals surface area contributed by atoms with Gasteiger partial charge in [0.05, 0.1) is 18.9 Å². The minimum Gasteiger partial charge on any atom is -0.468 e. The van der Waals surface area contributed by atoms with Gasteiger partial charge in [0.25, 0.3) is 0 Å². The van der Waals surface area contributed by atoms with Gasteiger partial charge in [-0.2, -0.15) is 0 Å². The average Bonchev–Trinajstić information content (AvgIpc) is 3.00. The molecule has 2 rings (SSSR count). The van der Waals surface area contributed by atoms with Gasteiger partial charge in [0.2, 0.25) is 5.91 Å². The van der Waals surface area contributed by atoms with Crippen LogP contribution in [0.5, 0.6) is 0 Å². The van der Waals surface area contributed by atoms with Crippen LogP contribution in [0.25, 0.3) is 0 Å². The molecule has 0 radical (unpaired) electrons. The molecule has 0 aliphatic carbocycles. The number of amides is 1. The van der Waals surface area contributed by atoms with Gasteiger partial charge < -0.3 is 9.64 Å². The fraction of sp³-hybridized carbons (Fsp3) is 0.500. The Morgan fingerprint density at radius 3 is 3.00 bits per heavy atom. The monoisotopic (exact) mass is 341 g/mol. The highest BCUT2D eigenvalue weighted by Gasteiger charge is 2.29. The van der Waals surface area contributed by atoms with Gasteiger partial charge in [0, 0.05) is 23.7 Å². The standard InChI is InChI=1S/C16H20ClNO3S/c1-21-16(20)11-22-9-7-15(19)18-8-3-6-14(18)12-4-2-5-13(17)10-12/h2,4-5,10,14H,3,6-9,11H2,1H3/t14-/m0/s1. The van der Waals surface area contributed by atoms with Crippen molar-refractivity contribution in [3.05, 3.63) is 34.9 Å². The van der Waals surface area contributed by atoms with Crippen molar-refractivity contribution in [1.82, 2.24) is 4.90 Å². The lowest BCUT2D eigenvalue weighted by Gasteiger charge is -2.25. The number of methoxy groups -OCH3 is 1. The summed E-state index contributed by atoms with van der Waals surface area (Å²) in [6, 6.07) is 7.84. The summed E-state index contributed by atoms with van der Waals surface area (Å²) in [6.07, 6.45) is 2.43. The van der Waals surface area contributed by atoms with E-state index in [1.54, 1.807) is 0 Å². The summed E-state index contributed by atoms with van der Waals surface area (Å²) in [5.41, 5.74) is 1.10. The molecule has 4 nitrogen and oxygen atoms in total. The van der Waals surface area contributed by atoms with Crippen LogP contribution in [0.2, 0.25) is 5.02 Å². The summed E-state index contributed by atoms with van der Waals surface area (Å²) in [6.45, 7) is 0.789. The van der Waals surface area contributed by atoms with Crippen molar-refractivity contribution in [3.8, 4) is 0 Å². The van der Waals surface area contributed by atoms with E-state index in [2.05, 4.69) is 4.74 Å². The van der Waals surface area contributed by atoms with Crippen LogP contribution in [-0.2, 0) is 14.3 Å². The van der Waals surface area contributed by atoms with E-state index >= 15 is 0 Å². The van der Waals surface area contributed by atoms with E-state index in [0.717, 1.165) is 24.9 Å². The Morgan fingerprint density at radius 2 is 2.27 bits per heavy atom. The second-order valence-corrected chi connectivity index (χ2v) is 6.72. The third-order valence-electron chi connectivity index (χ3n) is 3.71. The number of nitrogens with zero attached hydrogens (tertiary/aromatic N) is 1. The van der Waals surface area contributed by atoms with Crippen LogP contribution in [0.3, 0.4) is 0 Å². The number of thioether (sulfide) groups is 1. The smallest absolute Gasteiger partial charge is 0.315 e. The average molecular weight is 342 g/mol. The number of rotatable bonds is 6. The molecule has 1 fully saturated rings. The highest BCUT2D eigenvalue weighted by Crippen LogP contribution is 2.33. The minimum atomic E-state index is -0.254. The molecule has 1 aliphatic heterocycles. The fourth-order valence-electron chi connectivity index (χ4n) is 2.64. The quantitative estimate of drug-likeness (QED) is 0.588. The Hall–Kier alpha value is -1.20. The second kappa shape index (κ2) is 8.44. The molecule has 1 amide bonds. The maximum absolute atomic E-state index is 12.4. The van der Waals surface area contributed by atoms with Crippen molar-refractivity contribution in [1.29, 1.82) is 0 Å². The molecule has 0 unspecified atom stereocenters. The fourth-order valence-corrected chi connectivity index (χ4v) is 3.59. The number of hydrogen-bond acceptors (Lipinski definition) is 4. The number of likely N-dealkylation sites (tertiary alicyclic amines) is 1. The number of hydrogen-bond donors (Lipinski definition) is 0. The van der Waals surface area contributed by atoms with E-state index in [9.17, 15) is 9.59 Å². The highest BCUT2D eigenvalue weighted by molar-refractivity contribution is 7.99. The number of carbonyl (C=O) groups is 2. The Labute approximate surface area is 140 Å². The molecule has 1 atom stereocenters. The molecule has 1 saturated heterocycles. The molecule has 120 valence electrons. The molecule has 0 aromatic heterocycles. The molecule has 22 heavy (non-hydrogen) atoms. The SMILES string of the molecule is COC(=O)CSCCC(=O)N1CCC[C@H]1c1cccc(Cl)c1. The zero-order valence-electron chi connectivity index (χ0n) is 12.6. The van der Waals surface area contributed by atoms with Gasteiger partial charge in [-0.05, 0) is 30.5 Å². The van der Waals surface area contributed by atoms with Crippen molar-refractivity contribution >= 4 is 35.2 Å². The molecule has 0 saturated carbocycles. The van der Waals surface area contributed by atoms with Crippen molar-refractivity contribution in [2.75, 3.05) is 25.2 Å². The number of esters is 1. The maximum Gasteiger partial charge on any atom is 0.315 e. The molecule has 0 spiro atoms. The molecule has 1 heterocycles.